The number of allylic oxidation sites excluding steroid dienone is 3. The van der Waals surface area contributed by atoms with Gasteiger partial charge in [-0.3, -0.25) is 9.59 Å². The zero-order valence-electron chi connectivity index (χ0n) is 20.6. The molecule has 0 unspecified atom stereocenters. The fourth-order valence-electron chi connectivity index (χ4n) is 6.97. The number of ether oxygens (including phenoxy) is 2. The van der Waals surface area contributed by atoms with E-state index in [-0.39, 0.29) is 36.6 Å². The predicted octanol–water partition coefficient (Wildman–Crippen LogP) is 0.267. The van der Waals surface area contributed by atoms with Crippen LogP contribution in [0.2, 0.25) is 0 Å². The summed E-state index contributed by atoms with van der Waals surface area (Å²) in [6.45, 7) is 8.79. The largest absolute Gasteiger partial charge is 0.394 e. The van der Waals surface area contributed by atoms with E-state index in [9.17, 15) is 35.1 Å². The first-order valence-electron chi connectivity index (χ1n) is 12.4. The molecule has 196 valence electrons. The summed E-state index contributed by atoms with van der Waals surface area (Å²) >= 11 is 0. The number of hydrogen-bond donors (Lipinski definition) is 5. The Kier molecular flexibility index (Phi) is 6.94. The lowest BCUT2D eigenvalue weighted by molar-refractivity contribution is -0.308. The minimum Gasteiger partial charge on any atom is -0.394 e. The summed E-state index contributed by atoms with van der Waals surface area (Å²) in [6.07, 6.45) is -2.76. The Bertz CT molecular complexity index is 914. The number of aliphatic hydroxyl groups is 5. The molecule has 4 aliphatic rings. The number of fused-ring (bicyclic) bond motifs is 3. The van der Waals surface area contributed by atoms with Gasteiger partial charge >= 0.3 is 0 Å². The second-order valence-corrected chi connectivity index (χ2v) is 11.6. The highest BCUT2D eigenvalue weighted by atomic mass is 16.7. The molecule has 0 bridgehead atoms. The summed E-state index contributed by atoms with van der Waals surface area (Å²) in [4.78, 5) is 26.7. The van der Waals surface area contributed by atoms with Crippen molar-refractivity contribution in [1.82, 2.24) is 0 Å². The molecule has 0 aromatic rings. The summed E-state index contributed by atoms with van der Waals surface area (Å²) in [5.74, 6) is -0.986. The van der Waals surface area contributed by atoms with Crippen molar-refractivity contribution >= 4 is 11.6 Å². The molecule has 35 heavy (non-hydrogen) atoms. The lowest BCUT2D eigenvalue weighted by Crippen LogP contribution is -2.63. The van der Waals surface area contributed by atoms with Gasteiger partial charge in [-0.1, -0.05) is 26.0 Å². The zero-order chi connectivity index (χ0) is 25.9. The van der Waals surface area contributed by atoms with E-state index in [0.717, 1.165) is 18.4 Å². The van der Waals surface area contributed by atoms with Crippen molar-refractivity contribution in [2.45, 2.75) is 83.3 Å². The summed E-state index contributed by atoms with van der Waals surface area (Å²) in [7, 11) is 0. The van der Waals surface area contributed by atoms with Crippen LogP contribution in [0.3, 0.4) is 0 Å². The molecule has 0 spiro atoms. The van der Waals surface area contributed by atoms with Gasteiger partial charge in [-0.25, -0.2) is 0 Å². The van der Waals surface area contributed by atoms with Crippen LogP contribution in [0.1, 0.15) is 46.5 Å². The standard InChI is InChI=1S/C26H38O9/c1-5-24(2)7-6-14-13(9-24)15(28)8-18-25(14,3)10-16(29)22(33)26(18,4)12-34-23-21(32)20(31)19(30)17(11-27)35-23/h5,9,14,16-21,23,27,29-32H,1,6-8,10-12H2,2-4H3/t14-,16+,17+,18+,19+,20+,21-,23+,24-,25+,26+/m0/s1. The third-order valence-corrected chi connectivity index (χ3v) is 9.27. The molecule has 9 nitrogen and oxygen atoms in total. The molecule has 9 heteroatoms. The van der Waals surface area contributed by atoms with Crippen LogP contribution in [0.4, 0.5) is 0 Å². The quantitative estimate of drug-likeness (QED) is 0.339. The topological polar surface area (TPSA) is 154 Å². The van der Waals surface area contributed by atoms with Crippen LogP contribution >= 0.6 is 0 Å². The van der Waals surface area contributed by atoms with Crippen molar-refractivity contribution in [1.29, 1.82) is 0 Å². The minimum absolute atomic E-state index is 0.0199. The van der Waals surface area contributed by atoms with E-state index < -0.39 is 65.9 Å². The van der Waals surface area contributed by atoms with Gasteiger partial charge in [0.05, 0.1) is 18.6 Å². The lowest BCUT2D eigenvalue weighted by Gasteiger charge is -2.59. The zero-order valence-corrected chi connectivity index (χ0v) is 20.6. The summed E-state index contributed by atoms with van der Waals surface area (Å²) < 4.78 is 11.2. The molecule has 1 aliphatic heterocycles. The van der Waals surface area contributed by atoms with Gasteiger partial charge in [-0.05, 0) is 49.0 Å². The number of Topliss-reactive ketones (excluding diaryl/α,β-unsaturated/α-hetero) is 2. The lowest BCUT2D eigenvalue weighted by atomic mass is 9.44. The number of carbonyl (C=O) groups is 2. The van der Waals surface area contributed by atoms with Crippen LogP contribution < -0.4 is 0 Å². The highest BCUT2D eigenvalue weighted by Gasteiger charge is 2.63. The predicted molar refractivity (Wildman–Crippen MR) is 124 cm³/mol. The number of aliphatic hydroxyl groups excluding tert-OH is 5. The Labute approximate surface area is 205 Å². The van der Waals surface area contributed by atoms with E-state index in [1.165, 1.54) is 0 Å². The Hall–Kier alpha value is -1.46. The molecule has 4 rings (SSSR count). The molecule has 5 N–H and O–H groups in total. The number of hydrogen-bond acceptors (Lipinski definition) is 9. The van der Waals surface area contributed by atoms with Gasteiger partial charge in [-0.2, -0.15) is 0 Å². The van der Waals surface area contributed by atoms with Gasteiger partial charge in [0.15, 0.2) is 17.9 Å². The first kappa shape index (κ1) is 26.6. The van der Waals surface area contributed by atoms with Crippen molar-refractivity contribution in [3.8, 4) is 0 Å². The fraction of sp³-hybridized carbons (Fsp3) is 0.769. The molecule has 3 aliphatic carbocycles. The molecule has 0 aromatic carbocycles. The molecular formula is C26H38O9. The Morgan fingerprint density at radius 3 is 2.46 bits per heavy atom. The highest BCUT2D eigenvalue weighted by Crippen LogP contribution is 2.62. The molecular weight excluding hydrogens is 456 g/mol. The SMILES string of the molecule is C=C[C@]1(C)C=C2C(=O)C[C@@H]3[C@](C)(C[C@@H](O)C(=O)[C@]3(C)CO[C@@H]3O[C@H](CO)[C@@H](O)[C@@H](O)[C@@H]3O)[C@H]2CC1. The maximum Gasteiger partial charge on any atom is 0.186 e. The third-order valence-electron chi connectivity index (χ3n) is 9.27. The molecule has 1 heterocycles. The number of ketones is 2. The number of carbonyl (C=O) groups excluding carboxylic acids is 2. The summed E-state index contributed by atoms with van der Waals surface area (Å²) in [5, 5.41) is 50.8. The van der Waals surface area contributed by atoms with E-state index >= 15 is 0 Å². The first-order valence-corrected chi connectivity index (χ1v) is 12.4. The van der Waals surface area contributed by atoms with E-state index in [4.69, 9.17) is 9.47 Å². The van der Waals surface area contributed by atoms with Crippen molar-refractivity contribution in [3.05, 3.63) is 24.3 Å². The van der Waals surface area contributed by atoms with Gasteiger partial charge in [-0.15, -0.1) is 6.58 Å². The summed E-state index contributed by atoms with van der Waals surface area (Å²) in [5.41, 5.74) is -1.33. The maximum atomic E-state index is 13.4. The van der Waals surface area contributed by atoms with Crippen LogP contribution in [0.5, 0.6) is 0 Å². The second kappa shape index (κ2) is 9.13. The average molecular weight is 495 g/mol. The van der Waals surface area contributed by atoms with E-state index in [2.05, 4.69) is 6.58 Å². The van der Waals surface area contributed by atoms with Crippen molar-refractivity contribution in [3.63, 3.8) is 0 Å². The Balaban J connectivity index is 1.63. The Morgan fingerprint density at radius 1 is 1.14 bits per heavy atom. The molecule has 11 atom stereocenters. The van der Waals surface area contributed by atoms with E-state index in [0.29, 0.717) is 0 Å². The van der Waals surface area contributed by atoms with Gasteiger partial charge in [0, 0.05) is 11.8 Å². The van der Waals surface area contributed by atoms with Gasteiger partial charge in [0.25, 0.3) is 0 Å². The second-order valence-electron chi connectivity index (χ2n) is 11.6. The molecule has 0 amide bonds. The molecule has 1 saturated heterocycles. The molecule has 0 radical (unpaired) electrons. The van der Waals surface area contributed by atoms with Crippen LogP contribution in [0.25, 0.3) is 0 Å². The van der Waals surface area contributed by atoms with E-state index in [1.54, 1.807) is 6.92 Å². The smallest absolute Gasteiger partial charge is 0.186 e. The molecule has 3 fully saturated rings. The third kappa shape index (κ3) is 4.15. The monoisotopic (exact) mass is 494 g/mol. The number of rotatable bonds is 5. The van der Waals surface area contributed by atoms with Crippen molar-refractivity contribution in [2.24, 2.45) is 28.1 Å². The van der Waals surface area contributed by atoms with Crippen LogP contribution in [0.15, 0.2) is 24.3 Å². The normalized spacial score (nSPS) is 50.2. The van der Waals surface area contributed by atoms with Gasteiger partial charge < -0.3 is 35.0 Å². The van der Waals surface area contributed by atoms with E-state index in [1.807, 2.05) is 26.0 Å². The van der Waals surface area contributed by atoms with Crippen molar-refractivity contribution < 1.29 is 44.6 Å². The average Bonchev–Trinajstić information content (AvgIpc) is 2.83. The summed E-state index contributed by atoms with van der Waals surface area (Å²) in [6, 6.07) is 0. The van der Waals surface area contributed by atoms with Crippen molar-refractivity contribution in [2.75, 3.05) is 13.2 Å². The first-order chi connectivity index (χ1) is 16.3. The minimum atomic E-state index is -1.61. The molecule has 0 aromatic heterocycles. The highest BCUT2D eigenvalue weighted by molar-refractivity contribution is 5.99. The van der Waals surface area contributed by atoms with Crippen LogP contribution in [-0.4, -0.2) is 87.1 Å². The van der Waals surface area contributed by atoms with Crippen LogP contribution in [0, 0.1) is 28.1 Å². The maximum absolute atomic E-state index is 13.4. The molecule has 2 saturated carbocycles. The Morgan fingerprint density at radius 2 is 1.83 bits per heavy atom. The van der Waals surface area contributed by atoms with Crippen LogP contribution in [-0.2, 0) is 19.1 Å². The fourth-order valence-corrected chi connectivity index (χ4v) is 6.97. The van der Waals surface area contributed by atoms with Gasteiger partial charge in [0.1, 0.15) is 30.5 Å². The van der Waals surface area contributed by atoms with Gasteiger partial charge in [0.2, 0.25) is 0 Å².